The summed E-state index contributed by atoms with van der Waals surface area (Å²) >= 11 is 0. The van der Waals surface area contributed by atoms with Crippen molar-refractivity contribution in [2.45, 2.75) is 39.0 Å². The smallest absolute Gasteiger partial charge is 0.0693 e. The zero-order valence-corrected chi connectivity index (χ0v) is 9.29. The zero-order valence-electron chi connectivity index (χ0n) is 9.29. The molecule has 1 fully saturated rings. The van der Waals surface area contributed by atoms with Crippen molar-refractivity contribution in [3.05, 3.63) is 35.4 Å². The molecule has 1 saturated carbocycles. The van der Waals surface area contributed by atoms with Crippen LogP contribution in [0.15, 0.2) is 24.3 Å². The van der Waals surface area contributed by atoms with Gasteiger partial charge < -0.3 is 0 Å². The van der Waals surface area contributed by atoms with Crippen molar-refractivity contribution in [3.8, 4) is 6.07 Å². The van der Waals surface area contributed by atoms with Crippen LogP contribution in [0.4, 0.5) is 0 Å². The van der Waals surface area contributed by atoms with Crippen LogP contribution in [-0.4, -0.2) is 0 Å². The maximum Gasteiger partial charge on any atom is 0.0693 e. The maximum atomic E-state index is 9.01. The molecule has 0 radical (unpaired) electrons. The minimum atomic E-state index is -0.00767. The van der Waals surface area contributed by atoms with Crippen molar-refractivity contribution in [1.82, 2.24) is 0 Å². The highest BCUT2D eigenvalue weighted by molar-refractivity contribution is 5.27. The second-order valence-corrected chi connectivity index (χ2v) is 4.64. The van der Waals surface area contributed by atoms with Crippen LogP contribution < -0.4 is 0 Å². The first-order valence-electron chi connectivity index (χ1n) is 5.77. The average Bonchev–Trinajstić information content (AvgIpc) is 3.02. The Bertz CT molecular complexity index is 365. The van der Waals surface area contributed by atoms with Gasteiger partial charge in [0.25, 0.3) is 0 Å². The van der Waals surface area contributed by atoms with Crippen molar-refractivity contribution < 1.29 is 0 Å². The summed E-state index contributed by atoms with van der Waals surface area (Å²) < 4.78 is 0. The number of nitriles is 1. The summed E-state index contributed by atoms with van der Waals surface area (Å²) in [6, 6.07) is 11.2. The molecule has 15 heavy (non-hydrogen) atoms. The average molecular weight is 199 g/mol. The third kappa shape index (κ3) is 2.39. The van der Waals surface area contributed by atoms with Gasteiger partial charge in [-0.15, -0.1) is 0 Å². The Morgan fingerprint density at radius 1 is 1.20 bits per heavy atom. The van der Waals surface area contributed by atoms with Crippen LogP contribution in [-0.2, 0) is 12.8 Å². The van der Waals surface area contributed by atoms with E-state index in [1.54, 1.807) is 0 Å². The van der Waals surface area contributed by atoms with Gasteiger partial charge in [0.05, 0.1) is 11.5 Å². The van der Waals surface area contributed by atoms with E-state index in [4.69, 9.17) is 5.26 Å². The van der Waals surface area contributed by atoms with Gasteiger partial charge in [-0.25, -0.2) is 0 Å². The molecule has 2 rings (SSSR count). The van der Waals surface area contributed by atoms with Gasteiger partial charge in [0.15, 0.2) is 0 Å². The number of nitrogens with zero attached hydrogens (tertiary/aromatic N) is 1. The third-order valence-electron chi connectivity index (χ3n) is 3.19. The molecule has 0 saturated heterocycles. The zero-order chi connectivity index (χ0) is 10.7. The molecule has 1 heteroatoms. The Labute approximate surface area is 91.7 Å². The van der Waals surface area contributed by atoms with Crippen molar-refractivity contribution >= 4 is 0 Å². The molecule has 1 nitrogen and oxygen atoms in total. The normalized spacial score (nSPS) is 17.1. The Morgan fingerprint density at radius 3 is 2.27 bits per heavy atom. The number of hydrogen-bond donors (Lipinski definition) is 0. The summed E-state index contributed by atoms with van der Waals surface area (Å²) in [7, 11) is 0. The maximum absolute atomic E-state index is 9.01. The highest BCUT2D eigenvalue weighted by Crippen LogP contribution is 2.47. The van der Waals surface area contributed by atoms with E-state index in [1.807, 2.05) is 0 Å². The van der Waals surface area contributed by atoms with E-state index >= 15 is 0 Å². The molecule has 0 heterocycles. The second-order valence-electron chi connectivity index (χ2n) is 4.64. The molecular formula is C14H17N. The minimum absolute atomic E-state index is 0.00767. The van der Waals surface area contributed by atoms with Crippen LogP contribution in [0.3, 0.4) is 0 Å². The first-order valence-corrected chi connectivity index (χ1v) is 5.77. The van der Waals surface area contributed by atoms with E-state index in [1.165, 1.54) is 17.5 Å². The molecule has 1 aromatic rings. The van der Waals surface area contributed by atoms with E-state index in [-0.39, 0.29) is 5.41 Å². The van der Waals surface area contributed by atoms with Crippen LogP contribution in [0.1, 0.15) is 37.3 Å². The lowest BCUT2D eigenvalue weighted by atomic mass is 9.97. The van der Waals surface area contributed by atoms with Crippen molar-refractivity contribution in [1.29, 1.82) is 5.26 Å². The van der Waals surface area contributed by atoms with Gasteiger partial charge in [-0.2, -0.15) is 5.26 Å². The van der Waals surface area contributed by atoms with Crippen LogP contribution in [0.5, 0.6) is 0 Å². The molecule has 0 N–H and O–H groups in total. The molecule has 0 aromatic heterocycles. The second kappa shape index (κ2) is 4.06. The Kier molecular flexibility index (Phi) is 2.77. The molecule has 0 atom stereocenters. The van der Waals surface area contributed by atoms with Crippen molar-refractivity contribution in [2.24, 2.45) is 5.41 Å². The fraction of sp³-hybridized carbons (Fsp3) is 0.500. The lowest BCUT2D eigenvalue weighted by Gasteiger charge is -2.06. The Hall–Kier alpha value is -1.29. The van der Waals surface area contributed by atoms with E-state index in [2.05, 4.69) is 37.3 Å². The molecule has 1 aliphatic rings. The van der Waals surface area contributed by atoms with Crippen LogP contribution in [0, 0.1) is 16.7 Å². The van der Waals surface area contributed by atoms with E-state index in [9.17, 15) is 0 Å². The summed E-state index contributed by atoms with van der Waals surface area (Å²) in [5.74, 6) is 0. The molecule has 0 amide bonds. The first kappa shape index (κ1) is 10.2. The van der Waals surface area contributed by atoms with Gasteiger partial charge in [0.1, 0.15) is 0 Å². The van der Waals surface area contributed by atoms with Crippen molar-refractivity contribution in [3.63, 3.8) is 0 Å². The molecule has 1 aliphatic carbocycles. The standard InChI is InChI=1S/C14H17N/c1-2-3-12-4-6-13(7-5-12)10-14(11-15)8-9-14/h4-7H,2-3,8-10H2,1H3. The fourth-order valence-electron chi connectivity index (χ4n) is 1.98. The highest BCUT2D eigenvalue weighted by atomic mass is 14.5. The first-order chi connectivity index (χ1) is 7.28. The third-order valence-corrected chi connectivity index (χ3v) is 3.19. The molecule has 78 valence electrons. The van der Waals surface area contributed by atoms with E-state index in [0.717, 1.165) is 25.7 Å². The summed E-state index contributed by atoms with van der Waals surface area (Å²) in [6.45, 7) is 2.20. The SMILES string of the molecule is CCCc1ccc(CC2(C#N)CC2)cc1. The quantitative estimate of drug-likeness (QED) is 0.728. The lowest BCUT2D eigenvalue weighted by Crippen LogP contribution is -2.01. The molecule has 0 unspecified atom stereocenters. The summed E-state index contributed by atoms with van der Waals surface area (Å²) in [6.07, 6.45) is 5.46. The van der Waals surface area contributed by atoms with Gasteiger partial charge in [0, 0.05) is 0 Å². The fourth-order valence-corrected chi connectivity index (χ4v) is 1.98. The predicted octanol–water partition coefficient (Wildman–Crippen LogP) is 3.49. The van der Waals surface area contributed by atoms with E-state index in [0.29, 0.717) is 0 Å². The van der Waals surface area contributed by atoms with Gasteiger partial charge >= 0.3 is 0 Å². The molecule has 0 spiro atoms. The molecular weight excluding hydrogens is 182 g/mol. The summed E-state index contributed by atoms with van der Waals surface area (Å²) in [5.41, 5.74) is 2.71. The highest BCUT2D eigenvalue weighted by Gasteiger charge is 2.42. The van der Waals surface area contributed by atoms with Crippen molar-refractivity contribution in [2.75, 3.05) is 0 Å². The lowest BCUT2D eigenvalue weighted by molar-refractivity contribution is 0.664. The van der Waals surface area contributed by atoms with Gasteiger partial charge in [-0.05, 0) is 36.8 Å². The van der Waals surface area contributed by atoms with Gasteiger partial charge in [0.2, 0.25) is 0 Å². The largest absolute Gasteiger partial charge is 0.198 e. The predicted molar refractivity (Wildman–Crippen MR) is 61.4 cm³/mol. The van der Waals surface area contributed by atoms with Crippen LogP contribution in [0.25, 0.3) is 0 Å². The Morgan fingerprint density at radius 2 is 1.80 bits per heavy atom. The Balaban J connectivity index is 2.02. The topological polar surface area (TPSA) is 23.8 Å². The van der Waals surface area contributed by atoms with E-state index < -0.39 is 0 Å². The number of aryl methyl sites for hydroxylation is 1. The minimum Gasteiger partial charge on any atom is -0.198 e. The summed E-state index contributed by atoms with van der Waals surface area (Å²) in [5, 5.41) is 9.01. The van der Waals surface area contributed by atoms with Gasteiger partial charge in [-0.1, -0.05) is 37.6 Å². The summed E-state index contributed by atoms with van der Waals surface area (Å²) in [4.78, 5) is 0. The molecule has 0 aliphatic heterocycles. The number of benzene rings is 1. The molecule has 1 aromatic carbocycles. The van der Waals surface area contributed by atoms with Crippen LogP contribution >= 0.6 is 0 Å². The molecule has 0 bridgehead atoms. The monoisotopic (exact) mass is 199 g/mol. The van der Waals surface area contributed by atoms with Gasteiger partial charge in [-0.3, -0.25) is 0 Å². The van der Waals surface area contributed by atoms with Crippen LogP contribution in [0.2, 0.25) is 0 Å². The number of hydrogen-bond acceptors (Lipinski definition) is 1. The number of rotatable bonds is 4.